The normalized spacial score (nSPS) is 20.8. The molecule has 0 bridgehead atoms. The maximum absolute atomic E-state index is 11.1. The van der Waals surface area contributed by atoms with Crippen molar-refractivity contribution < 1.29 is 9.90 Å². The number of rotatable bonds is 4. The Morgan fingerprint density at radius 3 is 3.00 bits per heavy atom. The number of phenols is 1. The number of amides is 1. The fraction of sp³-hybridized carbons (Fsp3) is 0.500. The van der Waals surface area contributed by atoms with E-state index in [4.69, 9.17) is 5.73 Å². The van der Waals surface area contributed by atoms with Gasteiger partial charge in [-0.15, -0.1) is 0 Å². The standard InChI is InChI=1S/C14H20N2O2/c15-14(18)9-12-5-1-2-7-16(12)10-11-4-3-6-13(17)8-11/h3-4,6,8,12,17H,1-2,5,7,9-10H2,(H2,15,18)/t12-/m1/s1. The molecule has 1 fully saturated rings. The molecule has 1 heterocycles. The van der Waals surface area contributed by atoms with Gasteiger partial charge in [0.25, 0.3) is 0 Å². The molecule has 3 N–H and O–H groups in total. The molecule has 4 nitrogen and oxygen atoms in total. The molecule has 1 aliphatic rings. The number of carbonyl (C=O) groups is 1. The molecule has 0 radical (unpaired) electrons. The molecular weight excluding hydrogens is 228 g/mol. The zero-order valence-electron chi connectivity index (χ0n) is 10.5. The number of aromatic hydroxyl groups is 1. The van der Waals surface area contributed by atoms with Crippen molar-refractivity contribution in [3.8, 4) is 5.75 Å². The Balaban J connectivity index is 2.03. The Labute approximate surface area is 107 Å². The van der Waals surface area contributed by atoms with Crippen LogP contribution in [0.2, 0.25) is 0 Å². The minimum absolute atomic E-state index is 0.234. The van der Waals surface area contributed by atoms with Gasteiger partial charge in [-0.1, -0.05) is 18.6 Å². The molecule has 0 unspecified atom stereocenters. The third kappa shape index (κ3) is 3.47. The number of carbonyl (C=O) groups excluding carboxylic acids is 1. The average Bonchev–Trinajstić information content (AvgIpc) is 2.31. The second-order valence-electron chi connectivity index (χ2n) is 4.96. The third-order valence-electron chi connectivity index (χ3n) is 3.48. The Morgan fingerprint density at radius 1 is 1.44 bits per heavy atom. The van der Waals surface area contributed by atoms with Crippen molar-refractivity contribution in [3.63, 3.8) is 0 Å². The Bertz CT molecular complexity index is 420. The predicted molar refractivity (Wildman–Crippen MR) is 70.0 cm³/mol. The summed E-state index contributed by atoms with van der Waals surface area (Å²) >= 11 is 0. The first kappa shape index (κ1) is 12.9. The van der Waals surface area contributed by atoms with Gasteiger partial charge in [0, 0.05) is 19.0 Å². The molecule has 1 amide bonds. The van der Waals surface area contributed by atoms with Gasteiger partial charge in [0.05, 0.1) is 0 Å². The lowest BCUT2D eigenvalue weighted by Gasteiger charge is -2.35. The molecule has 1 aromatic carbocycles. The van der Waals surface area contributed by atoms with Crippen molar-refractivity contribution >= 4 is 5.91 Å². The van der Waals surface area contributed by atoms with E-state index < -0.39 is 0 Å². The average molecular weight is 248 g/mol. The second-order valence-corrected chi connectivity index (χ2v) is 4.96. The van der Waals surface area contributed by atoms with Crippen LogP contribution in [-0.2, 0) is 11.3 Å². The molecule has 0 spiro atoms. The number of nitrogens with zero attached hydrogens (tertiary/aromatic N) is 1. The molecule has 1 atom stereocenters. The largest absolute Gasteiger partial charge is 0.508 e. The van der Waals surface area contributed by atoms with Crippen molar-refractivity contribution in [2.24, 2.45) is 5.73 Å². The van der Waals surface area contributed by atoms with E-state index in [1.165, 1.54) is 0 Å². The highest BCUT2D eigenvalue weighted by atomic mass is 16.3. The van der Waals surface area contributed by atoms with Crippen LogP contribution in [0.5, 0.6) is 5.75 Å². The maximum atomic E-state index is 11.1. The van der Waals surface area contributed by atoms with Gasteiger partial charge in [0.1, 0.15) is 5.75 Å². The van der Waals surface area contributed by atoms with Gasteiger partial charge in [-0.05, 0) is 37.1 Å². The lowest BCUT2D eigenvalue weighted by molar-refractivity contribution is -0.119. The van der Waals surface area contributed by atoms with E-state index in [0.29, 0.717) is 6.42 Å². The highest BCUT2D eigenvalue weighted by Gasteiger charge is 2.23. The number of primary amides is 1. The topological polar surface area (TPSA) is 66.6 Å². The summed E-state index contributed by atoms with van der Waals surface area (Å²) in [4.78, 5) is 13.4. The first-order valence-corrected chi connectivity index (χ1v) is 6.45. The van der Waals surface area contributed by atoms with Crippen molar-refractivity contribution in [3.05, 3.63) is 29.8 Å². The molecule has 1 aliphatic heterocycles. The molecule has 2 rings (SSSR count). The lowest BCUT2D eigenvalue weighted by Crippen LogP contribution is -2.41. The molecule has 1 saturated heterocycles. The summed E-state index contributed by atoms with van der Waals surface area (Å²) in [6.45, 7) is 1.76. The molecule has 4 heteroatoms. The molecule has 1 aromatic rings. The van der Waals surface area contributed by atoms with Gasteiger partial charge in [0.2, 0.25) is 5.91 Å². The van der Waals surface area contributed by atoms with E-state index in [1.807, 2.05) is 12.1 Å². The van der Waals surface area contributed by atoms with Gasteiger partial charge in [0.15, 0.2) is 0 Å². The van der Waals surface area contributed by atoms with Crippen LogP contribution < -0.4 is 5.73 Å². The van der Waals surface area contributed by atoms with E-state index in [0.717, 1.165) is 37.9 Å². The fourth-order valence-corrected chi connectivity index (χ4v) is 2.62. The second kappa shape index (κ2) is 5.87. The summed E-state index contributed by atoms with van der Waals surface area (Å²) in [5.41, 5.74) is 6.37. The monoisotopic (exact) mass is 248 g/mol. The van der Waals surface area contributed by atoms with Crippen LogP contribution in [0.25, 0.3) is 0 Å². The number of benzene rings is 1. The number of piperidine rings is 1. The smallest absolute Gasteiger partial charge is 0.218 e. The van der Waals surface area contributed by atoms with Gasteiger partial charge in [-0.2, -0.15) is 0 Å². The van der Waals surface area contributed by atoms with Crippen LogP contribution in [-0.4, -0.2) is 28.5 Å². The quantitative estimate of drug-likeness (QED) is 0.851. The Kier molecular flexibility index (Phi) is 4.20. The van der Waals surface area contributed by atoms with Crippen molar-refractivity contribution in [2.75, 3.05) is 6.54 Å². The number of nitrogens with two attached hydrogens (primary N) is 1. The van der Waals surface area contributed by atoms with Crippen molar-refractivity contribution in [2.45, 2.75) is 38.3 Å². The highest BCUT2D eigenvalue weighted by molar-refractivity contribution is 5.74. The van der Waals surface area contributed by atoms with Crippen LogP contribution in [0.3, 0.4) is 0 Å². The summed E-state index contributed by atoms with van der Waals surface area (Å²) < 4.78 is 0. The minimum atomic E-state index is -0.234. The number of likely N-dealkylation sites (tertiary alicyclic amines) is 1. The SMILES string of the molecule is NC(=O)C[C@H]1CCCCN1Cc1cccc(O)c1. The van der Waals surface area contributed by atoms with E-state index in [9.17, 15) is 9.90 Å². The van der Waals surface area contributed by atoms with Gasteiger partial charge in [-0.25, -0.2) is 0 Å². The van der Waals surface area contributed by atoms with E-state index >= 15 is 0 Å². The van der Waals surface area contributed by atoms with E-state index in [-0.39, 0.29) is 17.7 Å². The molecule has 0 saturated carbocycles. The molecule has 18 heavy (non-hydrogen) atoms. The summed E-state index contributed by atoms with van der Waals surface area (Å²) in [6, 6.07) is 7.53. The minimum Gasteiger partial charge on any atom is -0.508 e. The zero-order valence-corrected chi connectivity index (χ0v) is 10.5. The summed E-state index contributed by atoms with van der Waals surface area (Å²) in [7, 11) is 0. The van der Waals surface area contributed by atoms with Crippen LogP contribution in [0.4, 0.5) is 0 Å². The number of phenolic OH excluding ortho intramolecular Hbond substituents is 1. The fourth-order valence-electron chi connectivity index (χ4n) is 2.62. The van der Waals surface area contributed by atoms with Crippen LogP contribution in [0.1, 0.15) is 31.2 Å². The molecule has 0 aromatic heterocycles. The summed E-state index contributed by atoms with van der Waals surface area (Å²) in [6.07, 6.45) is 3.78. The van der Waals surface area contributed by atoms with E-state index in [2.05, 4.69) is 4.90 Å². The number of hydrogen-bond donors (Lipinski definition) is 2. The van der Waals surface area contributed by atoms with Gasteiger partial charge < -0.3 is 10.8 Å². The van der Waals surface area contributed by atoms with Crippen LogP contribution >= 0.6 is 0 Å². The molecule has 98 valence electrons. The summed E-state index contributed by atoms with van der Waals surface area (Å²) in [5, 5.41) is 9.46. The summed E-state index contributed by atoms with van der Waals surface area (Å²) in [5.74, 6) is 0.0544. The third-order valence-corrected chi connectivity index (χ3v) is 3.48. The maximum Gasteiger partial charge on any atom is 0.218 e. The highest BCUT2D eigenvalue weighted by Crippen LogP contribution is 2.22. The van der Waals surface area contributed by atoms with E-state index in [1.54, 1.807) is 12.1 Å². The predicted octanol–water partition coefficient (Wildman–Crippen LogP) is 1.62. The lowest BCUT2D eigenvalue weighted by atomic mass is 9.98. The number of hydrogen-bond acceptors (Lipinski definition) is 3. The van der Waals surface area contributed by atoms with Crippen LogP contribution in [0, 0.1) is 0 Å². The van der Waals surface area contributed by atoms with Crippen molar-refractivity contribution in [1.29, 1.82) is 0 Å². The molecule has 0 aliphatic carbocycles. The first-order valence-electron chi connectivity index (χ1n) is 6.45. The molecular formula is C14H20N2O2. The van der Waals surface area contributed by atoms with Crippen LogP contribution in [0.15, 0.2) is 24.3 Å². The zero-order chi connectivity index (χ0) is 13.0. The van der Waals surface area contributed by atoms with Gasteiger partial charge in [-0.3, -0.25) is 9.69 Å². The van der Waals surface area contributed by atoms with Gasteiger partial charge >= 0.3 is 0 Å². The Morgan fingerprint density at radius 2 is 2.28 bits per heavy atom. The van der Waals surface area contributed by atoms with Crippen molar-refractivity contribution in [1.82, 2.24) is 4.90 Å². The Hall–Kier alpha value is -1.55. The first-order chi connectivity index (χ1) is 8.65.